The quantitative estimate of drug-likeness (QED) is 0.746. The highest BCUT2D eigenvalue weighted by atomic mass is 32.2. The van der Waals surface area contributed by atoms with Crippen LogP contribution in [0.15, 0.2) is 45.0 Å². The van der Waals surface area contributed by atoms with E-state index in [1.54, 1.807) is 6.20 Å². The average Bonchev–Trinajstić information content (AvgIpc) is 2.95. The van der Waals surface area contributed by atoms with E-state index in [0.29, 0.717) is 5.82 Å². The first kappa shape index (κ1) is 17.5. The van der Waals surface area contributed by atoms with Gasteiger partial charge < -0.3 is 19.5 Å². The van der Waals surface area contributed by atoms with Gasteiger partial charge in [0.15, 0.2) is 18.2 Å². The van der Waals surface area contributed by atoms with Gasteiger partial charge in [-0.05, 0) is 12.1 Å². The van der Waals surface area contributed by atoms with E-state index in [0.717, 1.165) is 15.5 Å². The van der Waals surface area contributed by atoms with Gasteiger partial charge in [0.05, 0.1) is 17.2 Å². The van der Waals surface area contributed by atoms with Crippen LogP contribution in [-0.2, 0) is 14.2 Å². The van der Waals surface area contributed by atoms with Crippen LogP contribution in [0.5, 0.6) is 0 Å². The second kappa shape index (κ2) is 6.99. The van der Waals surface area contributed by atoms with Gasteiger partial charge in [-0.15, -0.1) is 0 Å². The van der Waals surface area contributed by atoms with Gasteiger partial charge in [0.25, 0.3) is 0 Å². The number of halogens is 1. The molecule has 1 fully saturated rings. The third kappa shape index (κ3) is 2.90. The molecule has 0 radical (unpaired) electrons. The molecule has 0 amide bonds. The Balaban J connectivity index is 1.68. The molecule has 3 heterocycles. The predicted octanol–water partition coefficient (Wildman–Crippen LogP) is 2.35. The smallest absolute Gasteiger partial charge is 0.351 e. The van der Waals surface area contributed by atoms with Gasteiger partial charge >= 0.3 is 5.69 Å². The highest BCUT2D eigenvalue weighted by Crippen LogP contribution is 2.43. The van der Waals surface area contributed by atoms with E-state index in [9.17, 15) is 9.18 Å². The van der Waals surface area contributed by atoms with Crippen LogP contribution in [0.1, 0.15) is 6.23 Å². The van der Waals surface area contributed by atoms with Crippen LogP contribution < -0.4 is 11.0 Å². The van der Waals surface area contributed by atoms with Crippen molar-refractivity contribution in [1.29, 1.82) is 0 Å². The maximum Gasteiger partial charge on any atom is 0.351 e. The van der Waals surface area contributed by atoms with Crippen molar-refractivity contribution in [2.24, 2.45) is 0 Å². The second-order valence-electron chi connectivity index (χ2n) is 6.03. The van der Waals surface area contributed by atoms with Crippen molar-refractivity contribution >= 4 is 23.3 Å². The molecule has 1 saturated heterocycles. The second-order valence-corrected chi connectivity index (χ2v) is 7.12. The Bertz CT molecular complexity index is 877. The highest BCUT2D eigenvalue weighted by Gasteiger charge is 2.47. The summed E-state index contributed by atoms with van der Waals surface area (Å²) in [6, 6.07) is 7.71. The fraction of sp³-hybridized carbons (Fsp3) is 0.412. The van der Waals surface area contributed by atoms with Crippen molar-refractivity contribution in [3.63, 3.8) is 0 Å². The normalized spacial score (nSPS) is 26.9. The lowest BCUT2D eigenvalue weighted by Gasteiger charge is -2.22. The van der Waals surface area contributed by atoms with Crippen molar-refractivity contribution < 1.29 is 18.6 Å². The molecule has 1 aromatic heterocycles. The van der Waals surface area contributed by atoms with Crippen molar-refractivity contribution in [3.8, 4) is 0 Å². The molecule has 0 bridgehead atoms. The summed E-state index contributed by atoms with van der Waals surface area (Å²) in [6.45, 7) is 0.173. The summed E-state index contributed by atoms with van der Waals surface area (Å²) in [5.41, 5.74) is 0.298. The Morgan fingerprint density at radius 3 is 2.92 bits per heavy atom. The fourth-order valence-electron chi connectivity index (χ4n) is 3.20. The van der Waals surface area contributed by atoms with Crippen LogP contribution in [0.4, 0.5) is 15.9 Å². The van der Waals surface area contributed by atoms with Gasteiger partial charge in [-0.25, -0.2) is 9.18 Å². The van der Waals surface area contributed by atoms with Crippen LogP contribution in [-0.4, -0.2) is 48.8 Å². The first-order chi connectivity index (χ1) is 12.6. The summed E-state index contributed by atoms with van der Waals surface area (Å²) in [4.78, 5) is 18.3. The number of para-hydroxylation sites is 1. The first-order valence-corrected chi connectivity index (χ1v) is 8.92. The van der Waals surface area contributed by atoms with Crippen molar-refractivity contribution in [3.05, 3.63) is 40.9 Å². The van der Waals surface area contributed by atoms with Crippen molar-refractivity contribution in [2.45, 2.75) is 34.4 Å². The number of alkyl halides is 1. The van der Waals surface area contributed by atoms with Gasteiger partial charge in [-0.3, -0.25) is 4.57 Å². The Morgan fingerprint density at radius 1 is 1.35 bits per heavy atom. The minimum atomic E-state index is -1.51. The number of aromatic nitrogens is 2. The summed E-state index contributed by atoms with van der Waals surface area (Å²) in [6.07, 6.45) is -2.44. The maximum absolute atomic E-state index is 14.8. The zero-order valence-electron chi connectivity index (χ0n) is 14.2. The fourth-order valence-corrected chi connectivity index (χ4v) is 4.17. The standard InChI is InChI=1S/C17H18FN3O4S/c1-23-8-10-14(24-2)13(18)16(25-10)21-7-12-15(20-17(21)22)19-9-5-3-4-6-11(9)26-12/h3-7,10,13-14,16H,8H2,1-2H3,(H,19,20,22)/t10-,13?,14?,16-/m1/s1. The molecule has 2 aliphatic heterocycles. The van der Waals surface area contributed by atoms with Crippen LogP contribution in [0.2, 0.25) is 0 Å². The molecule has 1 aromatic carbocycles. The van der Waals surface area contributed by atoms with E-state index in [-0.39, 0.29) is 6.61 Å². The molecule has 1 N–H and O–H groups in total. The third-order valence-electron chi connectivity index (χ3n) is 4.42. The number of methoxy groups -OCH3 is 2. The number of benzene rings is 1. The van der Waals surface area contributed by atoms with E-state index >= 15 is 0 Å². The molecular formula is C17H18FN3O4S. The van der Waals surface area contributed by atoms with Crippen LogP contribution >= 0.6 is 11.8 Å². The largest absolute Gasteiger partial charge is 0.382 e. The van der Waals surface area contributed by atoms with E-state index < -0.39 is 30.3 Å². The van der Waals surface area contributed by atoms with E-state index in [4.69, 9.17) is 14.2 Å². The number of rotatable bonds is 4. The minimum absolute atomic E-state index is 0.173. The molecule has 2 unspecified atom stereocenters. The van der Waals surface area contributed by atoms with E-state index in [1.807, 2.05) is 24.3 Å². The number of anilines is 2. The third-order valence-corrected chi connectivity index (χ3v) is 5.52. The molecule has 0 spiro atoms. The summed E-state index contributed by atoms with van der Waals surface area (Å²) in [7, 11) is 2.92. The van der Waals surface area contributed by atoms with Gasteiger partial charge in [-0.2, -0.15) is 4.98 Å². The Kier molecular flexibility index (Phi) is 4.70. The molecule has 4 rings (SSSR count). The van der Waals surface area contributed by atoms with Crippen molar-refractivity contribution in [2.75, 3.05) is 26.1 Å². The number of hydrogen-bond donors (Lipinski definition) is 1. The molecule has 0 aliphatic carbocycles. The van der Waals surface area contributed by atoms with Gasteiger partial charge in [0.1, 0.15) is 12.2 Å². The molecule has 9 heteroatoms. The first-order valence-electron chi connectivity index (χ1n) is 8.10. The zero-order valence-corrected chi connectivity index (χ0v) is 15.0. The predicted molar refractivity (Wildman–Crippen MR) is 93.8 cm³/mol. The Hall–Kier alpha value is -1.94. The highest BCUT2D eigenvalue weighted by molar-refractivity contribution is 7.99. The maximum atomic E-state index is 14.8. The topological polar surface area (TPSA) is 74.6 Å². The molecular weight excluding hydrogens is 361 g/mol. The van der Waals surface area contributed by atoms with Crippen molar-refractivity contribution in [1.82, 2.24) is 9.55 Å². The van der Waals surface area contributed by atoms with Crippen LogP contribution in [0.3, 0.4) is 0 Å². The average molecular weight is 379 g/mol. The lowest BCUT2D eigenvalue weighted by Crippen LogP contribution is -2.35. The number of fused-ring (bicyclic) bond motifs is 2. The Morgan fingerprint density at radius 2 is 2.15 bits per heavy atom. The minimum Gasteiger partial charge on any atom is -0.382 e. The van der Waals surface area contributed by atoms with E-state index in [1.165, 1.54) is 30.5 Å². The summed E-state index contributed by atoms with van der Waals surface area (Å²) in [5.74, 6) is 0.458. The molecule has 4 atom stereocenters. The zero-order chi connectivity index (χ0) is 18.3. The van der Waals surface area contributed by atoms with Gasteiger partial charge in [0.2, 0.25) is 0 Å². The molecule has 2 aliphatic rings. The SMILES string of the molecule is COC[C@H]1O[C@@H](n2cc3c(nc2=O)Nc2ccccc2S3)C(F)C1OC. The molecule has 26 heavy (non-hydrogen) atoms. The number of nitrogens with one attached hydrogen (secondary N) is 1. The lowest BCUT2D eigenvalue weighted by atomic mass is 10.1. The molecule has 7 nitrogen and oxygen atoms in total. The summed E-state index contributed by atoms with van der Waals surface area (Å²) >= 11 is 1.46. The monoisotopic (exact) mass is 379 g/mol. The van der Waals surface area contributed by atoms with Gasteiger partial charge in [-0.1, -0.05) is 23.9 Å². The number of ether oxygens (including phenoxy) is 3. The summed E-state index contributed by atoms with van der Waals surface area (Å²) < 4.78 is 32.0. The molecule has 2 aromatic rings. The van der Waals surface area contributed by atoms with Crippen LogP contribution in [0, 0.1) is 0 Å². The molecule has 0 saturated carbocycles. The van der Waals surface area contributed by atoms with Crippen LogP contribution in [0.25, 0.3) is 0 Å². The van der Waals surface area contributed by atoms with E-state index in [2.05, 4.69) is 10.3 Å². The molecule has 138 valence electrons. The number of hydrogen-bond acceptors (Lipinski definition) is 7. The van der Waals surface area contributed by atoms with Gasteiger partial charge in [0, 0.05) is 25.3 Å². The summed E-state index contributed by atoms with van der Waals surface area (Å²) in [5, 5.41) is 3.13. The Labute approximate surface area is 153 Å². The lowest BCUT2D eigenvalue weighted by molar-refractivity contribution is -0.0626. The number of nitrogens with zero attached hydrogens (tertiary/aromatic N) is 2.